The summed E-state index contributed by atoms with van der Waals surface area (Å²) in [6.45, 7) is 0.328. The van der Waals surface area contributed by atoms with E-state index in [0.717, 1.165) is 16.9 Å². The van der Waals surface area contributed by atoms with E-state index in [0.29, 0.717) is 34.9 Å². The van der Waals surface area contributed by atoms with Crippen LogP contribution in [0.2, 0.25) is 0 Å². The van der Waals surface area contributed by atoms with Crippen LogP contribution in [0, 0.1) is 0 Å². The molecule has 0 saturated heterocycles. The van der Waals surface area contributed by atoms with E-state index in [1.165, 1.54) is 21.3 Å². The first-order valence-corrected chi connectivity index (χ1v) is 10.5. The van der Waals surface area contributed by atoms with Gasteiger partial charge < -0.3 is 29.0 Å². The lowest BCUT2D eigenvalue weighted by atomic mass is 9.94. The number of hydrogen-bond donors (Lipinski definition) is 1. The molecule has 0 saturated carbocycles. The van der Waals surface area contributed by atoms with Gasteiger partial charge in [0.2, 0.25) is 5.75 Å². The van der Waals surface area contributed by atoms with Crippen molar-refractivity contribution in [2.75, 3.05) is 28.4 Å². The number of nitrogens with zero attached hydrogens (tertiary/aromatic N) is 1. The molecule has 1 aliphatic rings. The van der Waals surface area contributed by atoms with Gasteiger partial charge in [-0.15, -0.1) is 0 Å². The van der Waals surface area contributed by atoms with Crippen LogP contribution in [0.3, 0.4) is 0 Å². The molecule has 0 radical (unpaired) electrons. The van der Waals surface area contributed by atoms with Gasteiger partial charge in [-0.2, -0.15) is 0 Å². The smallest absolute Gasteiger partial charge is 0.255 e. The molecule has 3 aromatic rings. The summed E-state index contributed by atoms with van der Waals surface area (Å²) in [7, 11) is 6.17. The van der Waals surface area contributed by atoms with Crippen LogP contribution in [0.15, 0.2) is 60.7 Å². The third-order valence-electron chi connectivity index (χ3n) is 5.97. The Hall–Kier alpha value is -3.71. The highest BCUT2D eigenvalue weighted by atomic mass is 16.5. The van der Waals surface area contributed by atoms with E-state index in [9.17, 15) is 9.90 Å². The van der Waals surface area contributed by atoms with Gasteiger partial charge in [-0.05, 0) is 41.5 Å². The quantitative estimate of drug-likeness (QED) is 0.557. The van der Waals surface area contributed by atoms with Gasteiger partial charge in [0.05, 0.1) is 34.5 Å². The van der Waals surface area contributed by atoms with Crippen molar-refractivity contribution in [3.63, 3.8) is 0 Å². The van der Waals surface area contributed by atoms with E-state index < -0.39 is 12.1 Å². The van der Waals surface area contributed by atoms with E-state index in [2.05, 4.69) is 0 Å². The second-order valence-electron chi connectivity index (χ2n) is 7.68. The summed E-state index contributed by atoms with van der Waals surface area (Å²) in [5, 5.41) is 11.6. The van der Waals surface area contributed by atoms with Crippen LogP contribution in [0.25, 0.3) is 0 Å². The van der Waals surface area contributed by atoms with E-state index >= 15 is 0 Å². The minimum absolute atomic E-state index is 0.134. The molecular weight excluding hydrogens is 422 g/mol. The number of rotatable bonds is 8. The third kappa shape index (κ3) is 3.96. The number of carbonyl (C=O) groups is 1. The summed E-state index contributed by atoms with van der Waals surface area (Å²) in [5.74, 6) is 1.84. The van der Waals surface area contributed by atoms with Crippen molar-refractivity contribution < 1.29 is 28.8 Å². The van der Waals surface area contributed by atoms with E-state index in [1.54, 1.807) is 30.2 Å². The van der Waals surface area contributed by atoms with Crippen molar-refractivity contribution in [3.05, 3.63) is 82.9 Å². The molecule has 1 amide bonds. The molecule has 2 atom stereocenters. The van der Waals surface area contributed by atoms with Gasteiger partial charge in [0.15, 0.2) is 11.5 Å². The highest BCUT2D eigenvalue weighted by molar-refractivity contribution is 5.99. The molecule has 4 rings (SSSR count). The Morgan fingerprint density at radius 1 is 0.848 bits per heavy atom. The Morgan fingerprint density at radius 3 is 2.18 bits per heavy atom. The Balaban J connectivity index is 1.77. The van der Waals surface area contributed by atoms with Gasteiger partial charge in [-0.3, -0.25) is 4.79 Å². The lowest BCUT2D eigenvalue weighted by Crippen LogP contribution is -2.31. The zero-order valence-electron chi connectivity index (χ0n) is 19.1. The number of carbonyl (C=O) groups excluding carboxylic acids is 1. The summed E-state index contributed by atoms with van der Waals surface area (Å²) in [4.78, 5) is 15.1. The number of amides is 1. The number of methoxy groups -OCH3 is 4. The molecule has 1 N–H and O–H groups in total. The molecule has 0 spiro atoms. The molecule has 0 aromatic heterocycles. The number of fused-ring (bicyclic) bond motifs is 1. The SMILES string of the molecule is COc1ccc(CN2C(=O)c3ccccc3[C@@H]2[C@@H](O)c2ccc(OC)c(OC)c2OC)cc1. The number of aliphatic hydroxyl groups is 1. The maximum Gasteiger partial charge on any atom is 0.255 e. The average molecular weight is 450 g/mol. The maximum absolute atomic E-state index is 13.4. The fourth-order valence-electron chi connectivity index (χ4n) is 4.36. The van der Waals surface area contributed by atoms with Gasteiger partial charge in [0.1, 0.15) is 11.9 Å². The topological polar surface area (TPSA) is 77.5 Å². The Labute approximate surface area is 193 Å². The van der Waals surface area contributed by atoms with Crippen molar-refractivity contribution >= 4 is 5.91 Å². The van der Waals surface area contributed by atoms with Crippen molar-refractivity contribution in [2.45, 2.75) is 18.7 Å². The molecule has 1 aliphatic heterocycles. The van der Waals surface area contributed by atoms with Gasteiger partial charge in [0, 0.05) is 17.7 Å². The predicted molar refractivity (Wildman–Crippen MR) is 123 cm³/mol. The molecule has 7 nitrogen and oxygen atoms in total. The van der Waals surface area contributed by atoms with Crippen LogP contribution in [0.5, 0.6) is 23.0 Å². The van der Waals surface area contributed by atoms with Crippen molar-refractivity contribution in [1.82, 2.24) is 4.90 Å². The van der Waals surface area contributed by atoms with E-state index in [-0.39, 0.29) is 5.91 Å². The Kier molecular flexibility index (Phi) is 6.42. The normalized spacial score (nSPS) is 15.7. The lowest BCUT2D eigenvalue weighted by molar-refractivity contribution is 0.0390. The number of benzene rings is 3. The minimum Gasteiger partial charge on any atom is -0.497 e. The predicted octanol–water partition coefficient (Wildman–Crippen LogP) is 4.15. The van der Waals surface area contributed by atoms with Crippen LogP contribution in [0.4, 0.5) is 0 Å². The second-order valence-corrected chi connectivity index (χ2v) is 7.68. The minimum atomic E-state index is -1.06. The van der Waals surface area contributed by atoms with Crippen LogP contribution in [-0.4, -0.2) is 44.4 Å². The molecule has 0 bridgehead atoms. The molecule has 172 valence electrons. The zero-order valence-corrected chi connectivity index (χ0v) is 19.1. The molecule has 0 fully saturated rings. The number of aliphatic hydroxyl groups excluding tert-OH is 1. The van der Waals surface area contributed by atoms with Gasteiger partial charge >= 0.3 is 0 Å². The summed E-state index contributed by atoms with van der Waals surface area (Å²) >= 11 is 0. The summed E-state index contributed by atoms with van der Waals surface area (Å²) in [5.41, 5.74) is 2.77. The molecule has 7 heteroatoms. The third-order valence-corrected chi connectivity index (χ3v) is 5.97. The van der Waals surface area contributed by atoms with Gasteiger partial charge in [-0.25, -0.2) is 0 Å². The first-order valence-electron chi connectivity index (χ1n) is 10.5. The highest BCUT2D eigenvalue weighted by Crippen LogP contribution is 2.48. The van der Waals surface area contributed by atoms with Crippen molar-refractivity contribution in [2.24, 2.45) is 0 Å². The lowest BCUT2D eigenvalue weighted by Gasteiger charge is -2.31. The summed E-state index contributed by atoms with van der Waals surface area (Å²) in [6, 6.07) is 17.7. The Bertz CT molecular complexity index is 1140. The molecule has 1 heterocycles. The van der Waals surface area contributed by atoms with Crippen LogP contribution in [0.1, 0.15) is 39.2 Å². The first kappa shape index (κ1) is 22.5. The van der Waals surface area contributed by atoms with Crippen molar-refractivity contribution in [3.8, 4) is 23.0 Å². The van der Waals surface area contributed by atoms with Gasteiger partial charge in [-0.1, -0.05) is 30.3 Å². The largest absolute Gasteiger partial charge is 0.497 e. The maximum atomic E-state index is 13.4. The highest BCUT2D eigenvalue weighted by Gasteiger charge is 2.42. The number of ether oxygens (including phenoxy) is 4. The monoisotopic (exact) mass is 449 g/mol. The molecular formula is C26H27NO6. The molecule has 33 heavy (non-hydrogen) atoms. The molecule has 0 aliphatic carbocycles. The van der Waals surface area contributed by atoms with E-state index in [4.69, 9.17) is 18.9 Å². The van der Waals surface area contributed by atoms with Crippen LogP contribution >= 0.6 is 0 Å². The summed E-state index contributed by atoms with van der Waals surface area (Å²) in [6.07, 6.45) is -1.06. The first-order chi connectivity index (χ1) is 16.0. The fourth-order valence-corrected chi connectivity index (χ4v) is 4.36. The van der Waals surface area contributed by atoms with E-state index in [1.807, 2.05) is 42.5 Å². The molecule has 0 unspecified atom stereocenters. The summed E-state index contributed by atoms with van der Waals surface area (Å²) < 4.78 is 21.7. The van der Waals surface area contributed by atoms with Crippen molar-refractivity contribution in [1.29, 1.82) is 0 Å². The van der Waals surface area contributed by atoms with Crippen LogP contribution in [-0.2, 0) is 6.54 Å². The van der Waals surface area contributed by atoms with Crippen LogP contribution < -0.4 is 18.9 Å². The molecule has 3 aromatic carbocycles. The number of hydrogen-bond acceptors (Lipinski definition) is 6. The standard InChI is InChI=1S/C26H27NO6/c1-30-17-11-9-16(10-12-17)15-27-22(18-7-5-6-8-19(18)26(27)29)23(28)20-13-14-21(31-2)25(33-4)24(20)32-3/h5-14,22-23,28H,15H2,1-4H3/t22-,23+/m1/s1. The van der Waals surface area contributed by atoms with Gasteiger partial charge in [0.25, 0.3) is 5.91 Å². The fraction of sp³-hybridized carbons (Fsp3) is 0.269. The second kappa shape index (κ2) is 9.42. The average Bonchev–Trinajstić information content (AvgIpc) is 3.14. The zero-order chi connectivity index (χ0) is 23.5. The Morgan fingerprint density at radius 2 is 1.55 bits per heavy atom.